The summed E-state index contributed by atoms with van der Waals surface area (Å²) in [5.74, 6) is 3.84. The predicted molar refractivity (Wildman–Crippen MR) is 123 cm³/mol. The highest BCUT2D eigenvalue weighted by Crippen LogP contribution is 2.66. The van der Waals surface area contributed by atoms with Gasteiger partial charge in [-0.3, -0.25) is 0 Å². The number of rotatable bonds is 5. The lowest BCUT2D eigenvalue weighted by Crippen LogP contribution is -2.62. The molecule has 4 heteroatoms. The highest BCUT2D eigenvalue weighted by molar-refractivity contribution is 8.32. The van der Waals surface area contributed by atoms with Crippen LogP contribution in [-0.2, 0) is 4.74 Å². The molecular formula is C25H42O3S. The number of ether oxygens (including phenoxy) is 1. The lowest BCUT2D eigenvalue weighted by atomic mass is 9.47. The summed E-state index contributed by atoms with van der Waals surface area (Å²) >= 11 is 0. The molecule has 0 amide bonds. The molecule has 0 aromatic rings. The number of hydrogen-bond acceptors (Lipinski definition) is 3. The summed E-state index contributed by atoms with van der Waals surface area (Å²) in [6.07, 6.45) is 18.4. The van der Waals surface area contributed by atoms with E-state index in [9.17, 15) is 10.2 Å². The molecule has 0 radical (unpaired) electrons. The first-order valence-corrected chi connectivity index (χ1v) is 14.8. The third-order valence-corrected chi connectivity index (χ3v) is 9.94. The first-order chi connectivity index (χ1) is 13.6. The van der Waals surface area contributed by atoms with Gasteiger partial charge in [0.15, 0.2) is 0 Å². The monoisotopic (exact) mass is 422 g/mol. The molecule has 0 saturated heterocycles. The van der Waals surface area contributed by atoms with Gasteiger partial charge in [-0.15, -0.1) is 0 Å². The minimum atomic E-state index is -0.862. The maximum atomic E-state index is 12.4. The van der Waals surface area contributed by atoms with E-state index in [0.717, 1.165) is 63.1 Å². The van der Waals surface area contributed by atoms with Gasteiger partial charge in [0.2, 0.25) is 0 Å². The molecule has 4 rings (SSSR count). The highest BCUT2D eigenvalue weighted by Gasteiger charge is 2.64. The summed E-state index contributed by atoms with van der Waals surface area (Å²) in [7, 11) is -0.862. The summed E-state index contributed by atoms with van der Waals surface area (Å²) in [6.45, 7) is 5.03. The third-order valence-electron chi connectivity index (χ3n) is 8.57. The van der Waals surface area contributed by atoms with Crippen LogP contribution in [0.25, 0.3) is 0 Å². The molecule has 4 aliphatic rings. The van der Waals surface area contributed by atoms with E-state index in [2.05, 4.69) is 44.8 Å². The Kier molecular flexibility index (Phi) is 5.71. The molecule has 29 heavy (non-hydrogen) atoms. The molecule has 2 saturated carbocycles. The fourth-order valence-corrected chi connectivity index (χ4v) is 9.68. The van der Waals surface area contributed by atoms with Gasteiger partial charge in [0.1, 0.15) is 0 Å². The summed E-state index contributed by atoms with van der Waals surface area (Å²) < 4.78 is 5.85. The Morgan fingerprint density at radius 2 is 1.93 bits per heavy atom. The summed E-state index contributed by atoms with van der Waals surface area (Å²) in [5.41, 5.74) is 0.648. The molecule has 6 unspecified atom stereocenters. The highest BCUT2D eigenvalue weighted by atomic mass is 32.3. The smallest absolute Gasteiger partial charge is 0.0962 e. The number of allylic oxidation sites excluding steroid dienone is 4. The normalized spacial score (nSPS) is 44.9. The maximum Gasteiger partial charge on any atom is 0.0962 e. The number of aliphatic hydroxyl groups is 2. The molecule has 0 aromatic carbocycles. The van der Waals surface area contributed by atoms with Gasteiger partial charge >= 0.3 is 0 Å². The van der Waals surface area contributed by atoms with Crippen LogP contribution in [-0.4, -0.2) is 53.0 Å². The second kappa shape index (κ2) is 7.60. The Hall–Kier alpha value is -0.450. The fraction of sp³-hybridized carbons (Fsp3) is 0.840. The third kappa shape index (κ3) is 3.61. The maximum absolute atomic E-state index is 12.4. The fourth-order valence-electron chi connectivity index (χ4n) is 7.89. The first kappa shape index (κ1) is 21.8. The molecule has 0 spiro atoms. The van der Waals surface area contributed by atoms with E-state index in [1.807, 2.05) is 0 Å². The number of fused-ring (bicyclic) bond motifs is 5. The second-order valence-electron chi connectivity index (χ2n) is 11.1. The van der Waals surface area contributed by atoms with E-state index in [1.165, 1.54) is 5.57 Å². The van der Waals surface area contributed by atoms with Gasteiger partial charge in [0.05, 0.1) is 24.1 Å². The van der Waals surface area contributed by atoms with Crippen molar-refractivity contribution in [1.29, 1.82) is 0 Å². The molecule has 0 bridgehead atoms. The van der Waals surface area contributed by atoms with Crippen LogP contribution in [0.15, 0.2) is 23.5 Å². The molecule has 0 aliphatic heterocycles. The van der Waals surface area contributed by atoms with E-state index >= 15 is 0 Å². The molecule has 4 aliphatic carbocycles. The number of hydrogen-bond donors (Lipinski definition) is 2. The van der Waals surface area contributed by atoms with Gasteiger partial charge in [-0.1, -0.05) is 13.0 Å². The van der Waals surface area contributed by atoms with Crippen molar-refractivity contribution in [3.05, 3.63) is 23.5 Å². The summed E-state index contributed by atoms with van der Waals surface area (Å²) in [4.78, 5) is 0. The molecule has 0 aromatic heterocycles. The van der Waals surface area contributed by atoms with Crippen LogP contribution in [0.1, 0.15) is 58.8 Å². The van der Waals surface area contributed by atoms with Crippen molar-refractivity contribution < 1.29 is 14.9 Å². The standard InChI is InChI=1S/C25H42O3S/c1-6-24-15-25(27,16-29(3,4)5)23-19-11-9-18(28-7-2)14-17(19)8-10-20(23)21(24)12-13-22(24)26/h8,14,19-23,26-27H,6-7,9-13,15-16H2,1-5H3/t19?,20?,21?,22?,23?,24-,25?/m0/s1. The van der Waals surface area contributed by atoms with E-state index in [4.69, 9.17) is 4.74 Å². The quantitative estimate of drug-likeness (QED) is 0.664. The SMILES string of the molecule is CCOC1=CC2=CCC3C(C2CC1)C(O)(CS(C)(C)C)C[C@]1(CC)C(O)CCC31. The van der Waals surface area contributed by atoms with Gasteiger partial charge < -0.3 is 14.9 Å². The van der Waals surface area contributed by atoms with Crippen LogP contribution in [0.3, 0.4) is 0 Å². The number of aliphatic hydroxyl groups excluding tert-OH is 1. The summed E-state index contributed by atoms with van der Waals surface area (Å²) in [6, 6.07) is 0. The van der Waals surface area contributed by atoms with Crippen LogP contribution in [0.4, 0.5) is 0 Å². The first-order valence-electron chi connectivity index (χ1n) is 11.7. The zero-order valence-corrected chi connectivity index (χ0v) is 19.9. The van der Waals surface area contributed by atoms with E-state index in [-0.39, 0.29) is 11.5 Å². The van der Waals surface area contributed by atoms with Gasteiger partial charge in [-0.2, -0.15) is 0 Å². The molecule has 7 atom stereocenters. The molecular weight excluding hydrogens is 380 g/mol. The van der Waals surface area contributed by atoms with Crippen LogP contribution in [0, 0.1) is 29.1 Å². The van der Waals surface area contributed by atoms with Gasteiger partial charge in [0.25, 0.3) is 0 Å². The summed E-state index contributed by atoms with van der Waals surface area (Å²) in [5, 5.41) is 23.5. The van der Waals surface area contributed by atoms with Crippen LogP contribution in [0.2, 0.25) is 0 Å². The Morgan fingerprint density at radius 1 is 1.17 bits per heavy atom. The van der Waals surface area contributed by atoms with Crippen molar-refractivity contribution >= 4 is 10.0 Å². The molecule has 0 heterocycles. The molecule has 3 nitrogen and oxygen atoms in total. The van der Waals surface area contributed by atoms with Gasteiger partial charge in [0, 0.05) is 17.6 Å². The van der Waals surface area contributed by atoms with Crippen molar-refractivity contribution in [2.24, 2.45) is 29.1 Å². The average Bonchev–Trinajstić information content (AvgIpc) is 2.96. The molecule has 166 valence electrons. The van der Waals surface area contributed by atoms with Gasteiger partial charge in [-0.25, -0.2) is 10.0 Å². The zero-order chi connectivity index (χ0) is 21.0. The van der Waals surface area contributed by atoms with Crippen molar-refractivity contribution in [2.75, 3.05) is 31.1 Å². The Balaban J connectivity index is 1.77. The minimum Gasteiger partial charge on any atom is -0.498 e. The van der Waals surface area contributed by atoms with Gasteiger partial charge in [-0.05, 0) is 99.5 Å². The van der Waals surface area contributed by atoms with E-state index in [0.29, 0.717) is 23.7 Å². The van der Waals surface area contributed by atoms with Crippen molar-refractivity contribution in [3.63, 3.8) is 0 Å². The molecule has 2 fully saturated rings. The Labute approximate surface area is 179 Å². The Bertz CT molecular complexity index is 693. The minimum absolute atomic E-state index is 0.0903. The lowest BCUT2D eigenvalue weighted by molar-refractivity contribution is -0.170. The molecule has 2 N–H and O–H groups in total. The van der Waals surface area contributed by atoms with Crippen LogP contribution >= 0.6 is 10.0 Å². The average molecular weight is 423 g/mol. The van der Waals surface area contributed by atoms with Crippen LogP contribution < -0.4 is 0 Å². The van der Waals surface area contributed by atoms with E-state index < -0.39 is 15.6 Å². The zero-order valence-electron chi connectivity index (χ0n) is 19.1. The largest absolute Gasteiger partial charge is 0.498 e. The van der Waals surface area contributed by atoms with Crippen molar-refractivity contribution in [1.82, 2.24) is 0 Å². The predicted octanol–water partition coefficient (Wildman–Crippen LogP) is 4.88. The van der Waals surface area contributed by atoms with Crippen molar-refractivity contribution in [3.8, 4) is 0 Å². The Morgan fingerprint density at radius 3 is 2.59 bits per heavy atom. The van der Waals surface area contributed by atoms with Crippen LogP contribution in [0.5, 0.6) is 0 Å². The van der Waals surface area contributed by atoms with Crippen molar-refractivity contribution in [2.45, 2.75) is 70.5 Å². The second-order valence-corrected chi connectivity index (χ2v) is 15.6. The van der Waals surface area contributed by atoms with E-state index in [1.54, 1.807) is 0 Å². The lowest BCUT2D eigenvalue weighted by Gasteiger charge is -2.61. The topological polar surface area (TPSA) is 49.7 Å².